The van der Waals surface area contributed by atoms with E-state index >= 15 is 0 Å². The summed E-state index contributed by atoms with van der Waals surface area (Å²) in [7, 11) is 0. The van der Waals surface area contributed by atoms with Crippen molar-refractivity contribution < 1.29 is 20.1 Å². The van der Waals surface area contributed by atoms with Crippen molar-refractivity contribution >= 4 is 5.78 Å². The summed E-state index contributed by atoms with van der Waals surface area (Å²) in [5, 5.41) is 27.6. The van der Waals surface area contributed by atoms with E-state index in [1.807, 2.05) is 0 Å². The van der Waals surface area contributed by atoms with Gasteiger partial charge in [-0.3, -0.25) is 4.79 Å². The van der Waals surface area contributed by atoms with E-state index in [9.17, 15) is 15.0 Å². The van der Waals surface area contributed by atoms with Crippen LogP contribution in [0.4, 0.5) is 0 Å². The van der Waals surface area contributed by atoms with E-state index in [2.05, 4.69) is 0 Å². The average molecular weight is 202 g/mol. The molecule has 0 aromatic carbocycles. The number of ketones is 1. The molecule has 14 heavy (non-hydrogen) atoms. The highest BCUT2D eigenvalue weighted by Crippen LogP contribution is 2.27. The Labute approximate surface area is 83.6 Å². The molecule has 0 spiro atoms. The van der Waals surface area contributed by atoms with Crippen LogP contribution < -0.4 is 0 Å². The molecule has 0 aliphatic heterocycles. The molecule has 0 aromatic heterocycles. The standard InChI is InChI=1S/C10H18O4/c11-6-8(12)10(14)9(13)7-4-2-1-3-5-7/h7,9-11,13-14H,1-6H2/t9-,10-/m1/s1. The molecular formula is C10H18O4. The van der Waals surface area contributed by atoms with Gasteiger partial charge in [-0.1, -0.05) is 19.3 Å². The van der Waals surface area contributed by atoms with E-state index in [-0.39, 0.29) is 5.92 Å². The molecule has 1 aliphatic rings. The summed E-state index contributed by atoms with van der Waals surface area (Å²) in [6, 6.07) is 0. The predicted octanol–water partition coefficient (Wildman–Crippen LogP) is -0.150. The van der Waals surface area contributed by atoms with Gasteiger partial charge < -0.3 is 15.3 Å². The molecule has 0 aromatic rings. The Bertz CT molecular complexity index is 187. The second-order valence-corrected chi connectivity index (χ2v) is 3.96. The minimum Gasteiger partial charge on any atom is -0.390 e. The maximum atomic E-state index is 10.9. The number of carbonyl (C=O) groups is 1. The number of aliphatic hydroxyl groups is 3. The quantitative estimate of drug-likeness (QED) is 0.592. The Hall–Kier alpha value is -0.450. The van der Waals surface area contributed by atoms with E-state index in [1.54, 1.807) is 0 Å². The number of hydrogen-bond acceptors (Lipinski definition) is 4. The SMILES string of the molecule is O=C(CO)[C@@H](O)[C@H](O)C1CCCCC1. The third-order valence-electron chi connectivity index (χ3n) is 2.94. The molecule has 0 bridgehead atoms. The van der Waals surface area contributed by atoms with Gasteiger partial charge in [-0.05, 0) is 18.8 Å². The van der Waals surface area contributed by atoms with Gasteiger partial charge in [0.25, 0.3) is 0 Å². The molecular weight excluding hydrogens is 184 g/mol. The van der Waals surface area contributed by atoms with Crippen LogP contribution in [0.15, 0.2) is 0 Å². The Morgan fingerprint density at radius 2 is 1.79 bits per heavy atom. The van der Waals surface area contributed by atoms with Gasteiger partial charge in [0.05, 0.1) is 6.10 Å². The van der Waals surface area contributed by atoms with Gasteiger partial charge in [0.1, 0.15) is 12.7 Å². The first-order valence-corrected chi connectivity index (χ1v) is 5.16. The van der Waals surface area contributed by atoms with Gasteiger partial charge in [0.15, 0.2) is 5.78 Å². The Kier molecular flexibility index (Phi) is 4.51. The molecule has 1 saturated carbocycles. The van der Waals surface area contributed by atoms with Crippen molar-refractivity contribution in [2.75, 3.05) is 6.61 Å². The van der Waals surface area contributed by atoms with Crippen LogP contribution in [0.3, 0.4) is 0 Å². The van der Waals surface area contributed by atoms with Gasteiger partial charge in [-0.2, -0.15) is 0 Å². The van der Waals surface area contributed by atoms with E-state index in [0.29, 0.717) is 0 Å². The molecule has 2 atom stereocenters. The summed E-state index contributed by atoms with van der Waals surface area (Å²) in [6.07, 6.45) is 2.54. The maximum Gasteiger partial charge on any atom is 0.189 e. The van der Waals surface area contributed by atoms with Crippen molar-refractivity contribution in [2.45, 2.75) is 44.3 Å². The molecule has 0 saturated heterocycles. The molecule has 0 amide bonds. The zero-order valence-electron chi connectivity index (χ0n) is 8.22. The lowest BCUT2D eigenvalue weighted by atomic mass is 9.82. The lowest BCUT2D eigenvalue weighted by molar-refractivity contribution is -0.138. The van der Waals surface area contributed by atoms with Crippen LogP contribution >= 0.6 is 0 Å². The first-order valence-electron chi connectivity index (χ1n) is 5.16. The van der Waals surface area contributed by atoms with E-state index in [1.165, 1.54) is 0 Å². The van der Waals surface area contributed by atoms with Gasteiger partial charge >= 0.3 is 0 Å². The summed E-state index contributed by atoms with van der Waals surface area (Å²) < 4.78 is 0. The lowest BCUT2D eigenvalue weighted by Gasteiger charge is -2.28. The fourth-order valence-corrected chi connectivity index (χ4v) is 2.02. The fraction of sp³-hybridized carbons (Fsp3) is 0.900. The number of carbonyl (C=O) groups excluding carboxylic acids is 1. The predicted molar refractivity (Wildman–Crippen MR) is 50.7 cm³/mol. The van der Waals surface area contributed by atoms with Crippen LogP contribution in [0.5, 0.6) is 0 Å². The Morgan fingerprint density at radius 3 is 2.29 bits per heavy atom. The van der Waals surface area contributed by atoms with E-state index in [4.69, 9.17) is 5.11 Å². The Balaban J connectivity index is 2.45. The first-order chi connectivity index (χ1) is 6.66. The monoisotopic (exact) mass is 202 g/mol. The summed E-state index contributed by atoms with van der Waals surface area (Å²) in [6.45, 7) is -0.703. The van der Waals surface area contributed by atoms with Crippen LogP contribution in [0.1, 0.15) is 32.1 Å². The molecule has 1 aliphatic carbocycles. The molecule has 0 radical (unpaired) electrons. The Morgan fingerprint density at radius 1 is 1.21 bits per heavy atom. The molecule has 0 heterocycles. The number of Topliss-reactive ketones (excluding diaryl/α,β-unsaturated/α-hetero) is 1. The van der Waals surface area contributed by atoms with Crippen LogP contribution in [0, 0.1) is 5.92 Å². The molecule has 1 fully saturated rings. The van der Waals surface area contributed by atoms with E-state index in [0.717, 1.165) is 32.1 Å². The summed E-state index contributed by atoms with van der Waals surface area (Å²) in [5.41, 5.74) is 0. The number of hydrogen-bond donors (Lipinski definition) is 3. The summed E-state index contributed by atoms with van der Waals surface area (Å²) in [5.74, 6) is -0.683. The average Bonchev–Trinajstić information content (AvgIpc) is 2.27. The summed E-state index contributed by atoms with van der Waals surface area (Å²) >= 11 is 0. The van der Waals surface area contributed by atoms with Gasteiger partial charge in [0.2, 0.25) is 0 Å². The highest BCUT2D eigenvalue weighted by atomic mass is 16.3. The molecule has 4 heteroatoms. The van der Waals surface area contributed by atoms with Crippen molar-refractivity contribution in [3.63, 3.8) is 0 Å². The minimum absolute atomic E-state index is 0.00856. The lowest BCUT2D eigenvalue weighted by Crippen LogP contribution is -2.41. The third kappa shape index (κ3) is 2.77. The summed E-state index contributed by atoms with van der Waals surface area (Å²) in [4.78, 5) is 10.9. The van der Waals surface area contributed by atoms with Crippen LogP contribution in [0.2, 0.25) is 0 Å². The van der Waals surface area contributed by atoms with E-state index < -0.39 is 24.6 Å². The van der Waals surface area contributed by atoms with Gasteiger partial charge in [-0.25, -0.2) is 0 Å². The van der Waals surface area contributed by atoms with Crippen LogP contribution in [-0.4, -0.2) is 39.9 Å². The fourth-order valence-electron chi connectivity index (χ4n) is 2.02. The van der Waals surface area contributed by atoms with Crippen molar-refractivity contribution in [1.29, 1.82) is 0 Å². The molecule has 4 nitrogen and oxygen atoms in total. The van der Waals surface area contributed by atoms with Crippen molar-refractivity contribution in [3.05, 3.63) is 0 Å². The highest BCUT2D eigenvalue weighted by molar-refractivity contribution is 5.84. The van der Waals surface area contributed by atoms with Gasteiger partial charge in [-0.15, -0.1) is 0 Å². The van der Waals surface area contributed by atoms with Crippen LogP contribution in [-0.2, 0) is 4.79 Å². The maximum absolute atomic E-state index is 10.9. The topological polar surface area (TPSA) is 77.8 Å². The smallest absolute Gasteiger partial charge is 0.189 e. The number of aliphatic hydroxyl groups excluding tert-OH is 3. The van der Waals surface area contributed by atoms with Crippen molar-refractivity contribution in [1.82, 2.24) is 0 Å². The van der Waals surface area contributed by atoms with Gasteiger partial charge in [0, 0.05) is 0 Å². The van der Waals surface area contributed by atoms with Crippen molar-refractivity contribution in [2.24, 2.45) is 5.92 Å². The second-order valence-electron chi connectivity index (χ2n) is 3.96. The zero-order chi connectivity index (χ0) is 10.6. The minimum atomic E-state index is -1.41. The molecule has 0 unspecified atom stereocenters. The number of rotatable bonds is 4. The third-order valence-corrected chi connectivity index (χ3v) is 2.94. The molecule has 82 valence electrons. The van der Waals surface area contributed by atoms with Crippen LogP contribution in [0.25, 0.3) is 0 Å². The molecule has 3 N–H and O–H groups in total. The largest absolute Gasteiger partial charge is 0.390 e. The zero-order valence-corrected chi connectivity index (χ0v) is 8.22. The molecule has 1 rings (SSSR count). The second kappa shape index (κ2) is 5.44. The normalized spacial score (nSPS) is 23.1. The van der Waals surface area contributed by atoms with Crippen molar-refractivity contribution in [3.8, 4) is 0 Å². The first kappa shape index (κ1) is 11.6. The highest BCUT2D eigenvalue weighted by Gasteiger charge is 2.31.